The van der Waals surface area contributed by atoms with Gasteiger partial charge >= 0.3 is 5.97 Å². The van der Waals surface area contributed by atoms with Gasteiger partial charge < -0.3 is 9.72 Å². The first-order valence-electron chi connectivity index (χ1n) is 7.46. The van der Waals surface area contributed by atoms with Crippen molar-refractivity contribution in [1.82, 2.24) is 9.97 Å². The van der Waals surface area contributed by atoms with E-state index in [2.05, 4.69) is 9.97 Å². The first-order chi connectivity index (χ1) is 11.6. The summed E-state index contributed by atoms with van der Waals surface area (Å²) < 4.78 is 4.94. The SMILES string of the molecule is CCOC(=O)c1ccc(Cc2nc3cc([N+](=O)[O-])ccc3[nH]2)cc1. The Labute approximate surface area is 137 Å². The normalized spacial score (nSPS) is 10.7. The van der Waals surface area contributed by atoms with Gasteiger partial charge in [-0.1, -0.05) is 12.1 Å². The Morgan fingerprint density at radius 3 is 2.67 bits per heavy atom. The van der Waals surface area contributed by atoms with Crippen LogP contribution in [0.2, 0.25) is 0 Å². The van der Waals surface area contributed by atoms with Crippen molar-refractivity contribution in [3.8, 4) is 0 Å². The van der Waals surface area contributed by atoms with Crippen molar-refractivity contribution >= 4 is 22.7 Å². The summed E-state index contributed by atoms with van der Waals surface area (Å²) in [4.78, 5) is 29.5. The van der Waals surface area contributed by atoms with Crippen LogP contribution < -0.4 is 0 Å². The van der Waals surface area contributed by atoms with Gasteiger partial charge in [-0.25, -0.2) is 9.78 Å². The van der Waals surface area contributed by atoms with Crippen LogP contribution in [-0.2, 0) is 11.2 Å². The van der Waals surface area contributed by atoms with Crippen molar-refractivity contribution in [3.63, 3.8) is 0 Å². The summed E-state index contributed by atoms with van der Waals surface area (Å²) >= 11 is 0. The van der Waals surface area contributed by atoms with Crippen LogP contribution >= 0.6 is 0 Å². The van der Waals surface area contributed by atoms with E-state index in [1.165, 1.54) is 12.1 Å². The Morgan fingerprint density at radius 1 is 1.25 bits per heavy atom. The second-order valence-corrected chi connectivity index (χ2v) is 5.24. The molecule has 0 saturated carbocycles. The van der Waals surface area contributed by atoms with Gasteiger partial charge in [0.05, 0.1) is 28.1 Å². The molecule has 3 aromatic rings. The molecule has 1 heterocycles. The maximum Gasteiger partial charge on any atom is 0.338 e. The van der Waals surface area contributed by atoms with Gasteiger partial charge in [0.1, 0.15) is 5.82 Å². The molecule has 0 aliphatic rings. The first-order valence-corrected chi connectivity index (χ1v) is 7.46. The standard InChI is InChI=1S/C17H15N3O4/c1-2-24-17(21)12-5-3-11(4-6-12)9-16-18-14-8-7-13(20(22)23)10-15(14)19-16/h3-8,10H,2,9H2,1H3,(H,18,19). The molecule has 0 amide bonds. The average Bonchev–Trinajstić information content (AvgIpc) is 2.97. The van der Waals surface area contributed by atoms with Crippen LogP contribution in [0.15, 0.2) is 42.5 Å². The number of nitro benzene ring substituents is 1. The number of aromatic amines is 1. The fraction of sp³-hybridized carbons (Fsp3) is 0.176. The molecule has 0 saturated heterocycles. The number of rotatable bonds is 5. The molecule has 7 nitrogen and oxygen atoms in total. The number of ether oxygens (including phenoxy) is 1. The quantitative estimate of drug-likeness (QED) is 0.441. The highest BCUT2D eigenvalue weighted by Gasteiger charge is 2.11. The van der Waals surface area contributed by atoms with Crippen LogP contribution in [0.4, 0.5) is 5.69 Å². The van der Waals surface area contributed by atoms with Crippen molar-refractivity contribution in [2.75, 3.05) is 6.61 Å². The largest absolute Gasteiger partial charge is 0.462 e. The summed E-state index contributed by atoms with van der Waals surface area (Å²) in [5, 5.41) is 10.8. The number of carbonyl (C=O) groups excluding carboxylic acids is 1. The zero-order valence-electron chi connectivity index (χ0n) is 13.0. The number of hydrogen-bond acceptors (Lipinski definition) is 5. The zero-order chi connectivity index (χ0) is 17.1. The van der Waals surface area contributed by atoms with Crippen molar-refractivity contribution in [2.24, 2.45) is 0 Å². The topological polar surface area (TPSA) is 98.1 Å². The lowest BCUT2D eigenvalue weighted by atomic mass is 10.1. The molecule has 1 aromatic heterocycles. The number of nitro groups is 1. The first kappa shape index (κ1) is 15.7. The minimum atomic E-state index is -0.443. The maximum atomic E-state index is 11.6. The number of imidazole rings is 1. The summed E-state index contributed by atoms with van der Waals surface area (Å²) in [7, 11) is 0. The van der Waals surface area contributed by atoms with Crippen LogP contribution in [0.25, 0.3) is 11.0 Å². The predicted octanol–water partition coefficient (Wildman–Crippen LogP) is 3.24. The average molecular weight is 325 g/mol. The molecule has 0 bridgehead atoms. The van der Waals surface area contributed by atoms with E-state index in [1.807, 2.05) is 12.1 Å². The molecule has 2 aromatic carbocycles. The number of carbonyl (C=O) groups is 1. The summed E-state index contributed by atoms with van der Waals surface area (Å²) in [6.07, 6.45) is 0.533. The third kappa shape index (κ3) is 3.24. The lowest BCUT2D eigenvalue weighted by molar-refractivity contribution is -0.384. The lowest BCUT2D eigenvalue weighted by Gasteiger charge is -2.03. The monoisotopic (exact) mass is 325 g/mol. The van der Waals surface area contributed by atoms with Crippen molar-refractivity contribution < 1.29 is 14.5 Å². The number of nitrogens with one attached hydrogen (secondary N) is 1. The van der Waals surface area contributed by atoms with Crippen molar-refractivity contribution in [1.29, 1.82) is 0 Å². The van der Waals surface area contributed by atoms with E-state index in [4.69, 9.17) is 4.74 Å². The zero-order valence-corrected chi connectivity index (χ0v) is 13.0. The Morgan fingerprint density at radius 2 is 2.00 bits per heavy atom. The predicted molar refractivity (Wildman–Crippen MR) is 88.0 cm³/mol. The number of nitrogens with zero attached hydrogens (tertiary/aromatic N) is 2. The third-order valence-corrected chi connectivity index (χ3v) is 3.56. The van der Waals surface area contributed by atoms with Crippen molar-refractivity contribution in [3.05, 3.63) is 69.5 Å². The van der Waals surface area contributed by atoms with E-state index in [0.29, 0.717) is 29.9 Å². The summed E-state index contributed by atoms with van der Waals surface area (Å²) in [6, 6.07) is 11.6. The van der Waals surface area contributed by atoms with Gasteiger partial charge in [0.2, 0.25) is 0 Å². The third-order valence-electron chi connectivity index (χ3n) is 3.56. The van der Waals surface area contributed by atoms with Crippen LogP contribution in [-0.4, -0.2) is 27.5 Å². The second kappa shape index (κ2) is 6.49. The van der Waals surface area contributed by atoms with Crippen LogP contribution in [0.1, 0.15) is 28.7 Å². The molecule has 0 fully saturated rings. The number of fused-ring (bicyclic) bond motifs is 1. The Balaban J connectivity index is 1.79. The van der Waals surface area contributed by atoms with Gasteiger partial charge in [0.15, 0.2) is 0 Å². The fourth-order valence-corrected chi connectivity index (χ4v) is 2.41. The summed E-state index contributed by atoms with van der Waals surface area (Å²) in [5.41, 5.74) is 2.79. The van der Waals surface area contributed by atoms with Crippen LogP contribution in [0.5, 0.6) is 0 Å². The molecule has 0 aliphatic heterocycles. The maximum absolute atomic E-state index is 11.6. The molecule has 3 rings (SSSR count). The van der Waals surface area contributed by atoms with Gasteiger partial charge in [-0.3, -0.25) is 10.1 Å². The van der Waals surface area contributed by atoms with Gasteiger partial charge in [-0.15, -0.1) is 0 Å². The molecule has 0 aliphatic carbocycles. The van der Waals surface area contributed by atoms with Gasteiger partial charge in [-0.05, 0) is 30.7 Å². The van der Waals surface area contributed by atoms with Gasteiger partial charge in [0, 0.05) is 18.6 Å². The minimum Gasteiger partial charge on any atom is -0.462 e. The van der Waals surface area contributed by atoms with E-state index in [1.54, 1.807) is 25.1 Å². The Hall–Kier alpha value is -3.22. The van der Waals surface area contributed by atoms with E-state index in [9.17, 15) is 14.9 Å². The number of benzene rings is 2. The summed E-state index contributed by atoms with van der Waals surface area (Å²) in [5.74, 6) is 0.356. The van der Waals surface area contributed by atoms with E-state index in [0.717, 1.165) is 11.1 Å². The molecule has 122 valence electrons. The molecule has 0 spiro atoms. The van der Waals surface area contributed by atoms with Crippen LogP contribution in [0.3, 0.4) is 0 Å². The molecule has 0 unspecified atom stereocenters. The molecule has 7 heteroatoms. The highest BCUT2D eigenvalue weighted by Crippen LogP contribution is 2.20. The molecular formula is C17H15N3O4. The highest BCUT2D eigenvalue weighted by atomic mass is 16.6. The molecule has 1 N–H and O–H groups in total. The number of non-ortho nitro benzene ring substituents is 1. The molecular weight excluding hydrogens is 310 g/mol. The van der Waals surface area contributed by atoms with Crippen LogP contribution in [0, 0.1) is 10.1 Å². The van der Waals surface area contributed by atoms with Gasteiger partial charge in [0.25, 0.3) is 5.69 Å². The second-order valence-electron chi connectivity index (χ2n) is 5.24. The Bertz CT molecular complexity index is 900. The molecule has 24 heavy (non-hydrogen) atoms. The number of aromatic nitrogens is 2. The minimum absolute atomic E-state index is 0.0133. The Kier molecular flexibility index (Phi) is 4.24. The smallest absolute Gasteiger partial charge is 0.338 e. The fourth-order valence-electron chi connectivity index (χ4n) is 2.41. The number of H-pyrrole nitrogens is 1. The summed E-state index contributed by atoms with van der Waals surface area (Å²) in [6.45, 7) is 2.10. The van der Waals surface area contributed by atoms with E-state index < -0.39 is 4.92 Å². The van der Waals surface area contributed by atoms with E-state index >= 15 is 0 Å². The number of hydrogen-bond donors (Lipinski definition) is 1. The lowest BCUT2D eigenvalue weighted by Crippen LogP contribution is -2.04. The molecule has 0 radical (unpaired) electrons. The molecule has 0 atom stereocenters. The van der Waals surface area contributed by atoms with Gasteiger partial charge in [-0.2, -0.15) is 0 Å². The number of esters is 1. The van der Waals surface area contributed by atoms with E-state index in [-0.39, 0.29) is 11.7 Å². The van der Waals surface area contributed by atoms with Crippen molar-refractivity contribution in [2.45, 2.75) is 13.3 Å². The highest BCUT2D eigenvalue weighted by molar-refractivity contribution is 5.89.